The molecule has 0 bridgehead atoms. The van der Waals surface area contributed by atoms with Gasteiger partial charge in [0.15, 0.2) is 5.69 Å². The van der Waals surface area contributed by atoms with Crippen molar-refractivity contribution in [2.75, 3.05) is 19.8 Å². The second kappa shape index (κ2) is 6.02. The van der Waals surface area contributed by atoms with Gasteiger partial charge >= 0.3 is 0 Å². The molecule has 22 heavy (non-hydrogen) atoms. The Labute approximate surface area is 126 Å². The topological polar surface area (TPSA) is 101 Å². The Kier molecular flexibility index (Phi) is 3.92. The molecule has 0 saturated carbocycles. The van der Waals surface area contributed by atoms with E-state index in [1.807, 2.05) is 0 Å². The number of nitrogens with one attached hydrogen (secondary N) is 1. The number of rotatable bonds is 2. The summed E-state index contributed by atoms with van der Waals surface area (Å²) in [7, 11) is 0. The zero-order valence-corrected chi connectivity index (χ0v) is 12.0. The highest BCUT2D eigenvalue weighted by Crippen LogP contribution is 2.23. The van der Waals surface area contributed by atoms with Crippen molar-refractivity contribution in [3.8, 4) is 0 Å². The van der Waals surface area contributed by atoms with Gasteiger partial charge in [-0.1, -0.05) is 0 Å². The molecule has 0 radical (unpaired) electrons. The molecule has 0 aliphatic carbocycles. The fraction of sp³-hybridized carbons (Fsp3) is 0.357. The number of aromatic amines is 1. The number of hydrogen-bond donors (Lipinski definition) is 1. The third-order valence-electron chi connectivity index (χ3n) is 3.40. The number of nitrogens with zero attached hydrogens (tertiary/aromatic N) is 4. The molecule has 1 amide bonds. The van der Waals surface area contributed by atoms with Crippen LogP contribution in [-0.4, -0.2) is 50.7 Å². The molecule has 114 valence electrons. The van der Waals surface area contributed by atoms with Crippen LogP contribution in [0.5, 0.6) is 0 Å². The maximum atomic E-state index is 12.6. The van der Waals surface area contributed by atoms with Gasteiger partial charge in [-0.05, 0) is 19.1 Å². The number of carbonyl (C=O) groups is 1. The van der Waals surface area contributed by atoms with Crippen LogP contribution in [0.4, 0.5) is 0 Å². The lowest BCUT2D eigenvalue weighted by Gasteiger charge is -2.34. The lowest BCUT2D eigenvalue weighted by molar-refractivity contribution is -0.00438. The number of H-pyrrole nitrogens is 1. The second-order valence-electron chi connectivity index (χ2n) is 4.95. The average Bonchev–Trinajstić information content (AvgIpc) is 2.54. The molecule has 1 fully saturated rings. The molecule has 8 nitrogen and oxygen atoms in total. The molecule has 1 N–H and O–H groups in total. The van der Waals surface area contributed by atoms with Crippen LogP contribution in [0.25, 0.3) is 0 Å². The molecule has 0 spiro atoms. The van der Waals surface area contributed by atoms with Crippen molar-refractivity contribution in [3.63, 3.8) is 0 Å². The first-order valence-corrected chi connectivity index (χ1v) is 6.89. The van der Waals surface area contributed by atoms with E-state index in [0.717, 1.165) is 0 Å². The molecule has 2 aromatic rings. The highest BCUT2D eigenvalue weighted by atomic mass is 16.5. The van der Waals surface area contributed by atoms with Crippen molar-refractivity contribution in [1.82, 2.24) is 25.1 Å². The molecule has 1 aliphatic heterocycles. The summed E-state index contributed by atoms with van der Waals surface area (Å²) in [6.45, 7) is 2.84. The van der Waals surface area contributed by atoms with Crippen molar-refractivity contribution in [1.29, 1.82) is 0 Å². The van der Waals surface area contributed by atoms with Crippen molar-refractivity contribution < 1.29 is 9.53 Å². The minimum Gasteiger partial charge on any atom is -0.377 e. The molecule has 3 rings (SSSR count). The lowest BCUT2D eigenvalue weighted by atomic mass is 10.1. The smallest absolute Gasteiger partial charge is 0.275 e. The Hall–Kier alpha value is -2.61. The first-order valence-electron chi connectivity index (χ1n) is 6.89. The number of aryl methyl sites for hydroxylation is 1. The lowest BCUT2D eigenvalue weighted by Crippen LogP contribution is -2.44. The minimum absolute atomic E-state index is 0.249. The third-order valence-corrected chi connectivity index (χ3v) is 3.40. The van der Waals surface area contributed by atoms with Gasteiger partial charge in [-0.15, -0.1) is 5.10 Å². The number of amides is 1. The van der Waals surface area contributed by atoms with Crippen LogP contribution in [0, 0.1) is 6.92 Å². The summed E-state index contributed by atoms with van der Waals surface area (Å²) in [4.78, 5) is 32.8. The Balaban J connectivity index is 1.94. The molecule has 1 atom stereocenters. The van der Waals surface area contributed by atoms with E-state index in [2.05, 4.69) is 20.2 Å². The summed E-state index contributed by atoms with van der Waals surface area (Å²) in [5.74, 6) is 0.251. The fourth-order valence-corrected chi connectivity index (χ4v) is 2.43. The summed E-state index contributed by atoms with van der Waals surface area (Å²) >= 11 is 0. The monoisotopic (exact) mass is 301 g/mol. The SMILES string of the molecule is Cc1nc(C2COCCN2C(=O)c2cccnn2)cc(=O)[nH]1. The van der Waals surface area contributed by atoms with E-state index in [1.54, 1.807) is 24.0 Å². The van der Waals surface area contributed by atoms with E-state index >= 15 is 0 Å². The Morgan fingerprint density at radius 3 is 3.09 bits per heavy atom. The number of ether oxygens (including phenoxy) is 1. The van der Waals surface area contributed by atoms with Crippen LogP contribution in [0.3, 0.4) is 0 Å². The zero-order chi connectivity index (χ0) is 15.5. The standard InChI is InChI=1S/C14H15N5O3/c1-9-16-11(7-13(20)17-9)12-8-22-6-5-19(12)14(21)10-3-2-4-15-18-10/h2-4,7,12H,5-6,8H2,1H3,(H,16,17,20). The molecule has 1 saturated heterocycles. The maximum Gasteiger partial charge on any atom is 0.275 e. The Morgan fingerprint density at radius 2 is 2.36 bits per heavy atom. The van der Waals surface area contributed by atoms with Crippen molar-refractivity contribution >= 4 is 5.91 Å². The van der Waals surface area contributed by atoms with Crippen molar-refractivity contribution in [2.24, 2.45) is 0 Å². The van der Waals surface area contributed by atoms with Gasteiger partial charge in [-0.25, -0.2) is 4.98 Å². The van der Waals surface area contributed by atoms with Crippen LogP contribution in [-0.2, 0) is 4.74 Å². The Morgan fingerprint density at radius 1 is 1.50 bits per heavy atom. The molecule has 8 heteroatoms. The maximum absolute atomic E-state index is 12.6. The number of hydrogen-bond acceptors (Lipinski definition) is 6. The summed E-state index contributed by atoms with van der Waals surface area (Å²) in [5, 5.41) is 7.57. The normalized spacial score (nSPS) is 18.2. The molecule has 2 aromatic heterocycles. The summed E-state index contributed by atoms with van der Waals surface area (Å²) in [5.41, 5.74) is 0.522. The van der Waals surface area contributed by atoms with Crippen LogP contribution in [0.2, 0.25) is 0 Å². The quantitative estimate of drug-likeness (QED) is 0.843. The van der Waals surface area contributed by atoms with E-state index < -0.39 is 6.04 Å². The van der Waals surface area contributed by atoms with Gasteiger partial charge in [-0.3, -0.25) is 9.59 Å². The minimum atomic E-state index is -0.413. The third kappa shape index (κ3) is 2.86. The van der Waals surface area contributed by atoms with Gasteiger partial charge < -0.3 is 14.6 Å². The first kappa shape index (κ1) is 14.3. The number of carbonyl (C=O) groups excluding carboxylic acids is 1. The summed E-state index contributed by atoms with van der Waals surface area (Å²) in [6, 6.07) is 4.25. The van der Waals surface area contributed by atoms with E-state index in [-0.39, 0.29) is 17.2 Å². The van der Waals surface area contributed by atoms with Gasteiger partial charge in [-0.2, -0.15) is 5.10 Å². The van der Waals surface area contributed by atoms with Crippen LogP contribution < -0.4 is 5.56 Å². The highest BCUT2D eigenvalue weighted by Gasteiger charge is 2.31. The van der Waals surface area contributed by atoms with E-state index in [9.17, 15) is 9.59 Å². The first-order chi connectivity index (χ1) is 10.6. The van der Waals surface area contributed by atoms with Crippen molar-refractivity contribution in [2.45, 2.75) is 13.0 Å². The van der Waals surface area contributed by atoms with E-state index in [0.29, 0.717) is 31.3 Å². The van der Waals surface area contributed by atoms with Crippen molar-refractivity contribution in [3.05, 3.63) is 52.0 Å². The molecular weight excluding hydrogens is 286 g/mol. The number of aromatic nitrogens is 4. The molecule has 1 aliphatic rings. The summed E-state index contributed by atoms with van der Waals surface area (Å²) < 4.78 is 5.45. The van der Waals surface area contributed by atoms with Gasteiger partial charge in [0.05, 0.1) is 24.9 Å². The van der Waals surface area contributed by atoms with E-state index in [4.69, 9.17) is 4.74 Å². The van der Waals surface area contributed by atoms with Gasteiger partial charge in [0.2, 0.25) is 0 Å². The van der Waals surface area contributed by atoms with Gasteiger partial charge in [0.1, 0.15) is 5.82 Å². The highest BCUT2D eigenvalue weighted by molar-refractivity contribution is 5.92. The van der Waals surface area contributed by atoms with Crippen LogP contribution in [0.15, 0.2) is 29.2 Å². The second-order valence-corrected chi connectivity index (χ2v) is 4.95. The number of morpholine rings is 1. The average molecular weight is 301 g/mol. The van der Waals surface area contributed by atoms with Crippen LogP contribution >= 0.6 is 0 Å². The van der Waals surface area contributed by atoms with Gasteiger partial charge in [0.25, 0.3) is 11.5 Å². The molecule has 3 heterocycles. The fourth-order valence-electron chi connectivity index (χ4n) is 2.43. The molecule has 0 aromatic carbocycles. The predicted molar refractivity (Wildman–Crippen MR) is 76.2 cm³/mol. The molecule has 1 unspecified atom stereocenters. The molecular formula is C14H15N5O3. The summed E-state index contributed by atoms with van der Waals surface area (Å²) in [6.07, 6.45) is 1.51. The predicted octanol–water partition coefficient (Wildman–Crippen LogP) is 0.0820. The largest absolute Gasteiger partial charge is 0.377 e. The van der Waals surface area contributed by atoms with Gasteiger partial charge in [0, 0.05) is 18.8 Å². The zero-order valence-electron chi connectivity index (χ0n) is 12.0. The van der Waals surface area contributed by atoms with Crippen LogP contribution in [0.1, 0.15) is 28.0 Å². The van der Waals surface area contributed by atoms with E-state index in [1.165, 1.54) is 12.3 Å². The Bertz CT molecular complexity index is 731.